The molecule has 0 saturated heterocycles. The molecule has 2 rings (SSSR count). The SMILES string of the molecule is CC(C)OC(=O)C(C)NP(=O)(OCC(CO)OC(C(C)O)n1ccc(=O)[nH]c1=O)SCc1[nH]c(=O)[nH]c1O. The zero-order valence-electron chi connectivity index (χ0n) is 21.1. The van der Waals surface area contributed by atoms with E-state index in [4.69, 9.17) is 14.0 Å². The van der Waals surface area contributed by atoms with Crippen LogP contribution in [0.1, 0.15) is 39.6 Å². The Kier molecular flexibility index (Phi) is 11.6. The maximum Gasteiger partial charge on any atom is 0.330 e. The van der Waals surface area contributed by atoms with Crippen LogP contribution in [-0.2, 0) is 29.1 Å². The van der Waals surface area contributed by atoms with Gasteiger partial charge in [0.15, 0.2) is 6.23 Å². The van der Waals surface area contributed by atoms with Crippen LogP contribution in [-0.4, -0.2) is 78.4 Å². The quantitative estimate of drug-likeness (QED) is 0.104. The molecular weight excluding hydrogens is 549 g/mol. The van der Waals surface area contributed by atoms with Crippen LogP contribution in [0.4, 0.5) is 0 Å². The third kappa shape index (κ3) is 9.27. The standard InChI is InChI=1S/C20H32N5O11PS/c1-10(2)35-18(30)11(3)24-37(33,38-9-14-16(29)23-19(31)21-14)34-8-13(7-26)36-17(12(4)27)25-6-5-15(28)22-20(25)32/h5-6,10-13,17,26-27,29H,7-9H2,1-4H3,(H,24,33)(H2,21,23,31)(H,22,28,32). The predicted octanol–water partition coefficient (Wildman–Crippen LogP) is -0.497. The summed E-state index contributed by atoms with van der Waals surface area (Å²) in [5.41, 5.74) is -2.21. The number of ether oxygens (including phenoxy) is 2. The second kappa shape index (κ2) is 13.9. The number of aliphatic hydroxyl groups excluding tert-OH is 2. The average molecular weight is 582 g/mol. The first-order valence-corrected chi connectivity index (χ1v) is 14.6. The van der Waals surface area contributed by atoms with Crippen molar-refractivity contribution in [1.82, 2.24) is 24.6 Å². The summed E-state index contributed by atoms with van der Waals surface area (Å²) in [5.74, 6) is -1.40. The molecule has 214 valence electrons. The number of rotatable bonds is 15. The highest BCUT2D eigenvalue weighted by molar-refractivity contribution is 8.55. The lowest BCUT2D eigenvalue weighted by Gasteiger charge is -2.28. The minimum Gasteiger partial charge on any atom is -0.493 e. The average Bonchev–Trinajstić information content (AvgIpc) is 3.14. The van der Waals surface area contributed by atoms with Gasteiger partial charge in [0.05, 0.1) is 31.1 Å². The third-order valence-electron chi connectivity index (χ3n) is 4.72. The van der Waals surface area contributed by atoms with Crippen LogP contribution in [0.2, 0.25) is 0 Å². The van der Waals surface area contributed by atoms with Crippen molar-refractivity contribution < 1.29 is 38.7 Å². The number of hydrogen-bond donors (Lipinski definition) is 7. The van der Waals surface area contributed by atoms with E-state index in [0.29, 0.717) is 11.4 Å². The fourth-order valence-electron chi connectivity index (χ4n) is 2.95. The molecule has 7 N–H and O–H groups in total. The van der Waals surface area contributed by atoms with Gasteiger partial charge in [-0.25, -0.2) is 14.7 Å². The second-order valence-electron chi connectivity index (χ2n) is 8.40. The smallest absolute Gasteiger partial charge is 0.330 e. The summed E-state index contributed by atoms with van der Waals surface area (Å²) < 4.78 is 30.8. The Bertz CT molecular complexity index is 1290. The van der Waals surface area contributed by atoms with E-state index in [1.165, 1.54) is 13.8 Å². The largest absolute Gasteiger partial charge is 0.493 e. The molecule has 0 aliphatic rings. The molecule has 0 aliphatic heterocycles. The van der Waals surface area contributed by atoms with Crippen LogP contribution < -0.4 is 22.0 Å². The summed E-state index contributed by atoms with van der Waals surface area (Å²) in [6.45, 7) is 0.715. The van der Waals surface area contributed by atoms with Crippen LogP contribution in [0, 0.1) is 0 Å². The zero-order valence-corrected chi connectivity index (χ0v) is 22.8. The zero-order chi connectivity index (χ0) is 28.6. The first kappa shape index (κ1) is 31.6. The molecule has 0 aromatic carbocycles. The lowest BCUT2D eigenvalue weighted by Crippen LogP contribution is -2.40. The Hall–Kier alpha value is -2.66. The van der Waals surface area contributed by atoms with Gasteiger partial charge < -0.3 is 34.3 Å². The fraction of sp³-hybridized carbons (Fsp3) is 0.600. The maximum atomic E-state index is 13.7. The third-order valence-corrected chi connectivity index (χ3v) is 8.71. The summed E-state index contributed by atoms with van der Waals surface area (Å²) in [6.07, 6.45) is -3.22. The van der Waals surface area contributed by atoms with Crippen molar-refractivity contribution >= 4 is 24.1 Å². The van der Waals surface area contributed by atoms with Crippen LogP contribution in [0.25, 0.3) is 0 Å². The van der Waals surface area contributed by atoms with E-state index in [9.17, 15) is 39.1 Å². The van der Waals surface area contributed by atoms with Crippen LogP contribution in [0.5, 0.6) is 5.88 Å². The summed E-state index contributed by atoms with van der Waals surface area (Å²) >= 11 is 0.630. The molecular formula is C20H32N5O11PS. The predicted molar refractivity (Wildman–Crippen MR) is 136 cm³/mol. The summed E-state index contributed by atoms with van der Waals surface area (Å²) in [7, 11) is 0. The Morgan fingerprint density at radius 2 is 1.87 bits per heavy atom. The van der Waals surface area contributed by atoms with Gasteiger partial charge in [-0.05, 0) is 39.1 Å². The molecule has 0 amide bonds. The second-order valence-corrected chi connectivity index (χ2v) is 12.7. The van der Waals surface area contributed by atoms with E-state index in [-0.39, 0.29) is 11.4 Å². The monoisotopic (exact) mass is 581 g/mol. The van der Waals surface area contributed by atoms with Crippen molar-refractivity contribution in [2.45, 2.75) is 64.0 Å². The van der Waals surface area contributed by atoms with Gasteiger partial charge in [0, 0.05) is 18.0 Å². The highest BCUT2D eigenvalue weighted by atomic mass is 32.7. The van der Waals surface area contributed by atoms with Crippen LogP contribution in [0.15, 0.2) is 26.6 Å². The molecule has 18 heteroatoms. The number of aromatic hydroxyl groups is 1. The van der Waals surface area contributed by atoms with Gasteiger partial charge in [-0.2, -0.15) is 0 Å². The molecule has 0 radical (unpaired) electrons. The number of carbonyl (C=O) groups excluding carboxylic acids is 1. The van der Waals surface area contributed by atoms with Crippen LogP contribution in [0.3, 0.4) is 0 Å². The number of hydrogen-bond acceptors (Lipinski definition) is 12. The van der Waals surface area contributed by atoms with Crippen molar-refractivity contribution in [3.05, 3.63) is 49.3 Å². The van der Waals surface area contributed by atoms with Gasteiger partial charge in [0.25, 0.3) is 5.56 Å². The van der Waals surface area contributed by atoms with Crippen molar-refractivity contribution in [2.24, 2.45) is 0 Å². The number of aliphatic hydroxyl groups is 2. The van der Waals surface area contributed by atoms with Gasteiger partial charge >= 0.3 is 24.1 Å². The minimum atomic E-state index is -4.02. The van der Waals surface area contributed by atoms with Gasteiger partial charge in [0.1, 0.15) is 12.1 Å². The number of aromatic amines is 3. The number of esters is 1. The molecule has 2 aromatic rings. The first-order valence-electron chi connectivity index (χ1n) is 11.4. The molecule has 16 nitrogen and oxygen atoms in total. The molecule has 0 bridgehead atoms. The van der Waals surface area contributed by atoms with Gasteiger partial charge in [-0.15, -0.1) is 0 Å². The van der Waals surface area contributed by atoms with E-state index in [2.05, 4.69) is 15.1 Å². The lowest BCUT2D eigenvalue weighted by molar-refractivity contribution is -0.149. The van der Waals surface area contributed by atoms with Gasteiger partial charge in [-0.1, -0.05) is 0 Å². The number of aromatic nitrogens is 4. The number of imidazole rings is 1. The number of nitrogens with zero attached hydrogens (tertiary/aromatic N) is 1. The van der Waals surface area contributed by atoms with E-state index in [1.807, 2.05) is 4.98 Å². The van der Waals surface area contributed by atoms with Crippen molar-refractivity contribution in [3.63, 3.8) is 0 Å². The first-order chi connectivity index (χ1) is 17.7. The summed E-state index contributed by atoms with van der Waals surface area (Å²) in [4.78, 5) is 53.7. The highest BCUT2D eigenvalue weighted by Crippen LogP contribution is 2.58. The molecule has 0 fully saturated rings. The fourth-order valence-corrected chi connectivity index (χ4v) is 6.63. The van der Waals surface area contributed by atoms with Gasteiger partial charge in [-0.3, -0.25) is 28.7 Å². The maximum absolute atomic E-state index is 13.7. The molecule has 2 aromatic heterocycles. The van der Waals surface area contributed by atoms with E-state index in [0.717, 1.165) is 16.8 Å². The molecule has 38 heavy (non-hydrogen) atoms. The van der Waals surface area contributed by atoms with E-state index in [1.54, 1.807) is 13.8 Å². The Balaban J connectivity index is 2.22. The number of nitrogens with one attached hydrogen (secondary N) is 4. The Morgan fingerprint density at radius 1 is 1.18 bits per heavy atom. The molecule has 0 spiro atoms. The lowest BCUT2D eigenvalue weighted by atomic mass is 10.3. The van der Waals surface area contributed by atoms with Crippen molar-refractivity contribution in [1.29, 1.82) is 0 Å². The van der Waals surface area contributed by atoms with E-state index >= 15 is 0 Å². The summed E-state index contributed by atoms with van der Waals surface area (Å²) in [6, 6.07) is -0.0643. The minimum absolute atomic E-state index is 0.0182. The van der Waals surface area contributed by atoms with Crippen LogP contribution >= 0.6 is 18.1 Å². The van der Waals surface area contributed by atoms with Crippen molar-refractivity contribution in [2.75, 3.05) is 13.2 Å². The number of H-pyrrole nitrogens is 3. The van der Waals surface area contributed by atoms with Crippen molar-refractivity contribution in [3.8, 4) is 5.88 Å². The normalized spacial score (nSPS) is 16.5. The molecule has 0 aliphatic carbocycles. The molecule has 5 atom stereocenters. The topological polar surface area (TPSA) is 238 Å². The van der Waals surface area contributed by atoms with Gasteiger partial charge in [0.2, 0.25) is 5.88 Å². The number of carbonyl (C=O) groups is 1. The summed E-state index contributed by atoms with van der Waals surface area (Å²) in [5, 5.41) is 32.3. The molecule has 5 unspecified atom stereocenters. The Labute approximate surface area is 220 Å². The molecule has 0 saturated carbocycles. The molecule has 2 heterocycles. The highest BCUT2D eigenvalue weighted by Gasteiger charge is 2.33. The Morgan fingerprint density at radius 3 is 2.39 bits per heavy atom. The van der Waals surface area contributed by atoms with E-state index < -0.39 is 79.3 Å².